The van der Waals surface area contributed by atoms with Gasteiger partial charge in [0, 0.05) is 4.47 Å². The van der Waals surface area contributed by atoms with Gasteiger partial charge in [-0.25, -0.2) is 18.1 Å². The van der Waals surface area contributed by atoms with Crippen LogP contribution in [0, 0.1) is 0 Å². The normalized spacial score (nSPS) is 13.3. The van der Waals surface area contributed by atoms with Crippen LogP contribution in [0.15, 0.2) is 33.9 Å². The monoisotopic (exact) mass is 360 g/mol. The molecule has 0 amide bonds. The van der Waals surface area contributed by atoms with E-state index in [9.17, 15) is 8.42 Å². The van der Waals surface area contributed by atoms with Gasteiger partial charge in [0.2, 0.25) is 10.0 Å². The molecule has 0 bridgehead atoms. The number of hydrogen-bond donors (Lipinski definition) is 3. The molecule has 1 aromatic carbocycles. The van der Waals surface area contributed by atoms with E-state index >= 15 is 0 Å². The first-order valence-corrected chi connectivity index (χ1v) is 7.98. The molecule has 0 spiro atoms. The second-order valence-electron chi connectivity index (χ2n) is 4.14. The Morgan fingerprint density at radius 3 is 2.80 bits per heavy atom. The van der Waals surface area contributed by atoms with Crippen molar-refractivity contribution in [3.8, 4) is 0 Å². The van der Waals surface area contributed by atoms with E-state index < -0.39 is 16.1 Å². The van der Waals surface area contributed by atoms with Crippen molar-refractivity contribution < 1.29 is 13.5 Å². The fourth-order valence-electron chi connectivity index (χ4n) is 1.64. The van der Waals surface area contributed by atoms with Crippen molar-refractivity contribution in [1.29, 1.82) is 0 Å². The molecule has 108 valence electrons. The van der Waals surface area contributed by atoms with E-state index in [0.717, 1.165) is 0 Å². The van der Waals surface area contributed by atoms with Crippen LogP contribution < -0.4 is 4.72 Å². The second kappa shape index (κ2) is 6.00. The van der Waals surface area contributed by atoms with Crippen molar-refractivity contribution in [3.63, 3.8) is 0 Å². The first kappa shape index (κ1) is 15.1. The summed E-state index contributed by atoms with van der Waals surface area (Å²) in [5.74, 6) is 0.427. The third kappa shape index (κ3) is 3.23. The lowest BCUT2D eigenvalue weighted by molar-refractivity contribution is 0.281. The van der Waals surface area contributed by atoms with Gasteiger partial charge in [0.15, 0.2) is 0 Å². The highest BCUT2D eigenvalue weighted by molar-refractivity contribution is 9.10. The third-order valence-electron chi connectivity index (χ3n) is 2.64. The van der Waals surface area contributed by atoms with Crippen molar-refractivity contribution in [3.05, 3.63) is 40.4 Å². The van der Waals surface area contributed by atoms with Crippen LogP contribution >= 0.6 is 15.9 Å². The zero-order chi connectivity index (χ0) is 14.8. The maximum absolute atomic E-state index is 12.3. The molecule has 0 aliphatic heterocycles. The summed E-state index contributed by atoms with van der Waals surface area (Å²) in [5.41, 5.74) is 0.624. The second-order valence-corrected chi connectivity index (χ2v) is 6.67. The van der Waals surface area contributed by atoms with Gasteiger partial charge in [0.25, 0.3) is 0 Å². The van der Waals surface area contributed by atoms with Crippen molar-refractivity contribution in [2.45, 2.75) is 24.5 Å². The van der Waals surface area contributed by atoms with Crippen LogP contribution in [0.4, 0.5) is 0 Å². The number of rotatable bonds is 5. The van der Waals surface area contributed by atoms with Gasteiger partial charge in [0.05, 0.1) is 17.5 Å². The summed E-state index contributed by atoms with van der Waals surface area (Å²) in [7, 11) is -3.71. The molecular weight excluding hydrogens is 348 g/mol. The lowest BCUT2D eigenvalue weighted by Crippen LogP contribution is -2.28. The summed E-state index contributed by atoms with van der Waals surface area (Å²) >= 11 is 3.20. The Morgan fingerprint density at radius 1 is 1.50 bits per heavy atom. The Bertz CT molecular complexity index is 688. The Labute approximate surface area is 124 Å². The lowest BCUT2D eigenvalue weighted by Gasteiger charge is -2.13. The van der Waals surface area contributed by atoms with Gasteiger partial charge in [0.1, 0.15) is 12.2 Å². The van der Waals surface area contributed by atoms with Crippen LogP contribution in [-0.2, 0) is 16.6 Å². The Balaban J connectivity index is 2.27. The van der Waals surface area contributed by atoms with Gasteiger partial charge in [-0.1, -0.05) is 6.07 Å². The van der Waals surface area contributed by atoms with E-state index in [1.54, 1.807) is 19.1 Å². The van der Waals surface area contributed by atoms with Gasteiger partial charge in [-0.05, 0) is 40.5 Å². The fraction of sp³-hybridized carbons (Fsp3) is 0.273. The smallest absolute Gasteiger partial charge is 0.242 e. The van der Waals surface area contributed by atoms with Crippen LogP contribution in [0.2, 0.25) is 0 Å². The van der Waals surface area contributed by atoms with E-state index in [2.05, 4.69) is 35.8 Å². The topological polar surface area (TPSA) is 108 Å². The summed E-state index contributed by atoms with van der Waals surface area (Å²) < 4.78 is 27.5. The maximum Gasteiger partial charge on any atom is 0.242 e. The molecule has 9 heteroatoms. The van der Waals surface area contributed by atoms with Crippen LogP contribution in [0.3, 0.4) is 0 Å². The molecule has 0 aliphatic carbocycles. The molecule has 0 saturated carbocycles. The molecule has 1 unspecified atom stereocenters. The summed E-state index contributed by atoms with van der Waals surface area (Å²) in [6.45, 7) is 1.51. The first-order valence-electron chi connectivity index (χ1n) is 5.71. The molecule has 2 aromatic rings. The van der Waals surface area contributed by atoms with Gasteiger partial charge in [-0.3, -0.25) is 5.10 Å². The average Bonchev–Trinajstić information content (AvgIpc) is 2.91. The number of sulfonamides is 1. The molecule has 1 atom stereocenters. The number of aliphatic hydroxyl groups is 1. The highest BCUT2D eigenvalue weighted by Gasteiger charge is 2.22. The van der Waals surface area contributed by atoms with Crippen LogP contribution in [-0.4, -0.2) is 28.7 Å². The number of hydrogen-bond acceptors (Lipinski definition) is 5. The predicted molar refractivity (Wildman–Crippen MR) is 75.2 cm³/mol. The Morgan fingerprint density at radius 2 is 2.25 bits per heavy atom. The first-order chi connectivity index (χ1) is 9.44. The Hall–Kier alpha value is -1.29. The zero-order valence-corrected chi connectivity index (χ0v) is 12.9. The number of H-pyrrole nitrogens is 1. The van der Waals surface area contributed by atoms with Crippen molar-refractivity contribution >= 4 is 26.0 Å². The molecule has 0 aliphatic rings. The largest absolute Gasteiger partial charge is 0.392 e. The number of nitrogens with zero attached hydrogens (tertiary/aromatic N) is 2. The van der Waals surface area contributed by atoms with Crippen LogP contribution in [0.25, 0.3) is 0 Å². The third-order valence-corrected chi connectivity index (χ3v) is 5.16. The molecule has 1 heterocycles. The minimum Gasteiger partial charge on any atom is -0.392 e. The van der Waals surface area contributed by atoms with E-state index in [0.29, 0.717) is 15.9 Å². The number of halogens is 1. The van der Waals surface area contributed by atoms with Gasteiger partial charge in [-0.2, -0.15) is 5.10 Å². The molecule has 7 nitrogen and oxygen atoms in total. The van der Waals surface area contributed by atoms with E-state index in [1.807, 2.05) is 0 Å². The number of benzene rings is 1. The highest BCUT2D eigenvalue weighted by Crippen LogP contribution is 2.24. The van der Waals surface area contributed by atoms with Gasteiger partial charge >= 0.3 is 0 Å². The molecular formula is C11H13BrN4O3S. The molecule has 2 rings (SSSR count). The summed E-state index contributed by atoms with van der Waals surface area (Å²) in [4.78, 5) is 4.00. The summed E-state index contributed by atoms with van der Waals surface area (Å²) in [5, 5.41) is 15.3. The van der Waals surface area contributed by atoms with Crippen molar-refractivity contribution in [1.82, 2.24) is 19.9 Å². The lowest BCUT2D eigenvalue weighted by atomic mass is 10.2. The molecule has 3 N–H and O–H groups in total. The SMILES string of the molecule is CC(NS(=O)(=O)c1ccc(CO)cc1Br)c1ncn[nH]1. The molecule has 0 radical (unpaired) electrons. The average molecular weight is 361 g/mol. The maximum atomic E-state index is 12.3. The van der Waals surface area contributed by atoms with Gasteiger partial charge < -0.3 is 5.11 Å². The van der Waals surface area contributed by atoms with E-state index in [4.69, 9.17) is 5.11 Å². The standard InChI is InChI=1S/C11H13BrN4O3S/c1-7(11-13-6-14-15-11)16-20(18,19)10-3-2-8(5-17)4-9(10)12/h2-4,6-7,16-17H,5H2,1H3,(H,13,14,15). The van der Waals surface area contributed by atoms with Crippen molar-refractivity contribution in [2.24, 2.45) is 0 Å². The Kier molecular flexibility index (Phi) is 4.53. The summed E-state index contributed by atoms with van der Waals surface area (Å²) in [6, 6.07) is 4.02. The highest BCUT2D eigenvalue weighted by atomic mass is 79.9. The predicted octanol–water partition coefficient (Wildman–Crippen LogP) is 1.10. The van der Waals surface area contributed by atoms with E-state index in [-0.39, 0.29) is 11.5 Å². The molecule has 0 saturated heterocycles. The zero-order valence-electron chi connectivity index (χ0n) is 10.5. The summed E-state index contributed by atoms with van der Waals surface area (Å²) in [6.07, 6.45) is 1.31. The number of nitrogens with one attached hydrogen (secondary N) is 2. The number of aromatic nitrogens is 3. The molecule has 1 aromatic heterocycles. The van der Waals surface area contributed by atoms with E-state index in [1.165, 1.54) is 12.4 Å². The fourth-order valence-corrected chi connectivity index (χ4v) is 3.97. The minimum absolute atomic E-state index is 0.0982. The van der Waals surface area contributed by atoms with Crippen LogP contribution in [0.5, 0.6) is 0 Å². The van der Waals surface area contributed by atoms with Gasteiger partial charge in [-0.15, -0.1) is 0 Å². The van der Waals surface area contributed by atoms with Crippen LogP contribution in [0.1, 0.15) is 24.4 Å². The molecule has 20 heavy (non-hydrogen) atoms. The minimum atomic E-state index is -3.71. The van der Waals surface area contributed by atoms with Crippen molar-refractivity contribution in [2.75, 3.05) is 0 Å². The quantitative estimate of drug-likeness (QED) is 0.739. The molecule has 0 fully saturated rings. The number of aromatic amines is 1. The number of aliphatic hydroxyl groups excluding tert-OH is 1.